The number of hydrogen-bond donors (Lipinski definition) is 0. The van der Waals surface area contributed by atoms with E-state index in [1.165, 1.54) is 0 Å². The smallest absolute Gasteiger partial charge is 0.252 e. The predicted octanol–water partition coefficient (Wildman–Crippen LogP) is 14.4. The van der Waals surface area contributed by atoms with Gasteiger partial charge in [-0.05, 0) is 133 Å². The number of hydrogen-bond acceptors (Lipinski definition) is 3. The molecule has 7 aromatic carbocycles. The molecule has 0 saturated carbocycles. The lowest BCUT2D eigenvalue weighted by molar-refractivity contribution is 0.590. The molecule has 0 radical (unpaired) electrons. The highest BCUT2D eigenvalue weighted by atomic mass is 15.2. The number of benzene rings is 7. The van der Waals surface area contributed by atoms with Gasteiger partial charge in [0, 0.05) is 45.5 Å². The van der Waals surface area contributed by atoms with Crippen molar-refractivity contribution in [1.29, 1.82) is 0 Å². The molecule has 0 amide bonds. The third kappa shape index (κ3) is 7.32. The van der Waals surface area contributed by atoms with Gasteiger partial charge in [0.2, 0.25) is 0 Å². The summed E-state index contributed by atoms with van der Waals surface area (Å²) in [4.78, 5) is 5.96. The van der Waals surface area contributed by atoms with Crippen LogP contribution in [-0.4, -0.2) is 6.71 Å². The van der Waals surface area contributed by atoms with Crippen LogP contribution in [0.4, 0.5) is 51.2 Å². The summed E-state index contributed by atoms with van der Waals surface area (Å²) < 4.78 is 77.8. The maximum atomic E-state index is 9.90. The van der Waals surface area contributed by atoms with E-state index in [9.17, 15) is 11.0 Å². The molecule has 2 aliphatic rings. The van der Waals surface area contributed by atoms with Crippen molar-refractivity contribution in [2.45, 2.75) is 105 Å². The molecule has 2 aliphatic heterocycles. The molecule has 0 N–H and O–H groups in total. The van der Waals surface area contributed by atoms with Crippen LogP contribution in [0.25, 0.3) is 0 Å². The van der Waals surface area contributed by atoms with Crippen molar-refractivity contribution in [3.63, 3.8) is 0 Å². The predicted molar refractivity (Wildman–Crippen MR) is 270 cm³/mol. The highest BCUT2D eigenvalue weighted by molar-refractivity contribution is 7.00. The van der Waals surface area contributed by atoms with Gasteiger partial charge in [0.15, 0.2) is 0 Å². The van der Waals surface area contributed by atoms with Crippen molar-refractivity contribution in [2.24, 2.45) is 0 Å². The standard InChI is InChI=1S/C58H62BN3/c1-55(2,3)39-23-29-45(30-24-39)61-50-33-27-41(57(7,8)9)35-48(50)59-49-36-42(58(10,11)12)28-34-51(49)62(46-31-25-40(26-32-46)56(4,5)6)53-38-47(37-52(61)54(53)59)60(43-19-15-13-16-20-43)44-21-17-14-18-22-44/h13-38H,1-12H3/i23D,24D,25D,26D,29D,30D,31D,32D. The Labute approximate surface area is 383 Å². The highest BCUT2D eigenvalue weighted by Gasteiger charge is 2.45. The molecule has 3 nitrogen and oxygen atoms in total. The Morgan fingerprint density at radius 1 is 0.387 bits per heavy atom. The van der Waals surface area contributed by atoms with E-state index in [1.807, 2.05) is 112 Å². The minimum absolute atomic E-state index is 0.108. The molecule has 0 saturated heterocycles. The second kappa shape index (κ2) is 14.8. The van der Waals surface area contributed by atoms with Gasteiger partial charge in [0.25, 0.3) is 6.71 Å². The maximum Gasteiger partial charge on any atom is 0.252 e. The Morgan fingerprint density at radius 2 is 0.742 bits per heavy atom. The van der Waals surface area contributed by atoms with Crippen LogP contribution in [0, 0.1) is 0 Å². The summed E-state index contributed by atoms with van der Waals surface area (Å²) in [5.74, 6) is 0. The van der Waals surface area contributed by atoms with Gasteiger partial charge in [0.05, 0.1) is 16.7 Å². The lowest BCUT2D eigenvalue weighted by atomic mass is 9.33. The molecule has 4 heteroatoms. The van der Waals surface area contributed by atoms with Gasteiger partial charge in [-0.15, -0.1) is 0 Å². The van der Waals surface area contributed by atoms with Crippen molar-refractivity contribution in [3.8, 4) is 0 Å². The number of rotatable bonds is 5. The molecular weight excluding hydrogens is 749 g/mol. The van der Waals surface area contributed by atoms with Crippen molar-refractivity contribution in [3.05, 3.63) is 180 Å². The molecule has 0 fully saturated rings. The van der Waals surface area contributed by atoms with E-state index in [0.29, 0.717) is 39.6 Å². The average molecular weight is 820 g/mol. The van der Waals surface area contributed by atoms with Gasteiger partial charge in [0.1, 0.15) is 0 Å². The number of anilines is 9. The first-order chi connectivity index (χ1) is 32.6. The monoisotopic (exact) mass is 820 g/mol. The third-order valence-electron chi connectivity index (χ3n) is 12.2. The zero-order valence-corrected chi connectivity index (χ0v) is 38.3. The van der Waals surface area contributed by atoms with Crippen LogP contribution in [0.3, 0.4) is 0 Å². The maximum absolute atomic E-state index is 9.90. The molecule has 0 spiro atoms. The van der Waals surface area contributed by atoms with E-state index in [0.717, 1.165) is 38.9 Å². The first-order valence-electron chi connectivity index (χ1n) is 25.8. The molecule has 0 bridgehead atoms. The van der Waals surface area contributed by atoms with Crippen LogP contribution < -0.4 is 31.1 Å². The van der Waals surface area contributed by atoms with E-state index in [4.69, 9.17) is 0 Å². The second-order valence-electron chi connectivity index (χ2n) is 21.0. The van der Waals surface area contributed by atoms with Crippen LogP contribution in [0.5, 0.6) is 0 Å². The lowest BCUT2D eigenvalue weighted by Crippen LogP contribution is -2.61. The highest BCUT2D eigenvalue weighted by Crippen LogP contribution is 2.49. The molecule has 7 aromatic rings. The first kappa shape index (κ1) is 32.7. The van der Waals surface area contributed by atoms with E-state index in [-0.39, 0.29) is 70.5 Å². The van der Waals surface area contributed by atoms with Crippen molar-refractivity contribution in [2.75, 3.05) is 14.7 Å². The Bertz CT molecular complexity index is 2980. The third-order valence-corrected chi connectivity index (χ3v) is 12.2. The quantitative estimate of drug-likeness (QED) is 0.160. The Balaban J connectivity index is 1.53. The van der Waals surface area contributed by atoms with Gasteiger partial charge in [-0.25, -0.2) is 0 Å². The summed E-state index contributed by atoms with van der Waals surface area (Å²) >= 11 is 0. The summed E-state index contributed by atoms with van der Waals surface area (Å²) in [7, 11) is 0. The fourth-order valence-corrected chi connectivity index (χ4v) is 8.72. The molecule has 62 heavy (non-hydrogen) atoms. The SMILES string of the molecule is [2H]c1c([2H])c(C(C)(C)C)c([2H])c([2H])c1N1c2ccc(C(C)(C)C)cc2B2c3cc(C(C)(C)C)ccc3N(c3c([2H])c([2H])c(C(C)(C)C)c([2H])c3[2H])c3cc(N(c4ccccc4)c4ccccc4)cc1c32. The molecule has 0 aliphatic carbocycles. The van der Waals surface area contributed by atoms with Gasteiger partial charge in [-0.2, -0.15) is 0 Å². The van der Waals surface area contributed by atoms with E-state index in [2.05, 4.69) is 95.0 Å². The zero-order chi connectivity index (χ0) is 50.9. The molecule has 312 valence electrons. The summed E-state index contributed by atoms with van der Waals surface area (Å²) in [6.45, 7) is 24.0. The minimum atomic E-state index is -0.692. The Morgan fingerprint density at radius 3 is 1.08 bits per heavy atom. The fourth-order valence-electron chi connectivity index (χ4n) is 8.72. The van der Waals surface area contributed by atoms with Crippen LogP contribution in [0.1, 0.15) is 116 Å². The Hall–Kier alpha value is -6.00. The summed E-state index contributed by atoms with van der Waals surface area (Å²) in [5.41, 5.74) is 8.68. The van der Waals surface area contributed by atoms with Gasteiger partial charge in [-0.1, -0.05) is 168 Å². The van der Waals surface area contributed by atoms with Crippen LogP contribution in [0.15, 0.2) is 158 Å². The average Bonchev–Trinajstić information content (AvgIpc) is 3.28. The molecule has 0 aromatic heterocycles. The van der Waals surface area contributed by atoms with Crippen LogP contribution in [-0.2, 0) is 21.7 Å². The van der Waals surface area contributed by atoms with Gasteiger partial charge in [-0.3, -0.25) is 0 Å². The molecule has 9 rings (SSSR count). The topological polar surface area (TPSA) is 9.72 Å². The number of fused-ring (bicyclic) bond motifs is 4. The fraction of sp³-hybridized carbons (Fsp3) is 0.276. The lowest BCUT2D eigenvalue weighted by Gasteiger charge is -2.45. The van der Waals surface area contributed by atoms with Gasteiger partial charge >= 0.3 is 0 Å². The van der Waals surface area contributed by atoms with Crippen molar-refractivity contribution in [1.82, 2.24) is 0 Å². The molecule has 0 unspecified atom stereocenters. The molecule has 2 heterocycles. The van der Waals surface area contributed by atoms with E-state index >= 15 is 0 Å². The summed E-state index contributed by atoms with van der Waals surface area (Å²) in [6, 6.07) is 35.8. The Kier molecular flexibility index (Phi) is 7.82. The molecular formula is C58H62BN3. The normalized spacial score (nSPS) is 15.5. The summed E-state index contributed by atoms with van der Waals surface area (Å²) in [6.07, 6.45) is 0. The van der Waals surface area contributed by atoms with Crippen molar-refractivity contribution < 1.29 is 11.0 Å². The van der Waals surface area contributed by atoms with Crippen LogP contribution in [0.2, 0.25) is 0 Å². The molecule has 0 atom stereocenters. The minimum Gasteiger partial charge on any atom is -0.311 e. The van der Waals surface area contributed by atoms with Crippen molar-refractivity contribution >= 4 is 74.3 Å². The van der Waals surface area contributed by atoms with Crippen LogP contribution >= 0.6 is 0 Å². The largest absolute Gasteiger partial charge is 0.311 e. The second-order valence-corrected chi connectivity index (χ2v) is 21.0. The number of para-hydroxylation sites is 2. The van der Waals surface area contributed by atoms with Gasteiger partial charge < -0.3 is 14.7 Å². The summed E-state index contributed by atoms with van der Waals surface area (Å²) in [5, 5.41) is 0. The van der Waals surface area contributed by atoms with E-state index in [1.54, 1.807) is 0 Å². The number of nitrogens with zero attached hydrogens (tertiary/aromatic N) is 3. The zero-order valence-electron chi connectivity index (χ0n) is 46.3. The first-order valence-corrected chi connectivity index (χ1v) is 21.8. The van der Waals surface area contributed by atoms with E-state index < -0.39 is 17.5 Å².